The van der Waals surface area contributed by atoms with Crippen LogP contribution < -0.4 is 21.3 Å². The number of thiazole rings is 1. The van der Waals surface area contributed by atoms with E-state index in [2.05, 4.69) is 37.1 Å². The Hall–Kier alpha value is -5.35. The number of aromatic nitrogens is 3. The zero-order valence-electron chi connectivity index (χ0n) is 24.1. The Bertz CT molecular complexity index is 1790. The minimum atomic E-state index is -0.413. The summed E-state index contributed by atoms with van der Waals surface area (Å²) in [7, 11) is 0. The Balaban J connectivity index is 1.22. The van der Waals surface area contributed by atoms with Crippen molar-refractivity contribution in [2.24, 2.45) is 10.7 Å². The van der Waals surface area contributed by atoms with Crippen molar-refractivity contribution < 1.29 is 4.79 Å². The molecule has 0 atom stereocenters. The van der Waals surface area contributed by atoms with Crippen molar-refractivity contribution in [1.82, 2.24) is 20.3 Å². The van der Waals surface area contributed by atoms with Gasteiger partial charge in [0, 0.05) is 48.3 Å². The molecule has 0 radical (unpaired) electrons. The molecule has 0 unspecified atom stereocenters. The number of carbonyl (C=O) groups is 1. The van der Waals surface area contributed by atoms with Crippen molar-refractivity contribution in [3.05, 3.63) is 127 Å². The number of aliphatic imine (C=N–C) groups is 1. The number of nitrogens with one attached hydrogen (secondary N) is 2. The van der Waals surface area contributed by atoms with E-state index in [-0.39, 0.29) is 17.6 Å². The maximum absolute atomic E-state index is 13.8. The fraction of sp³-hybridized carbons (Fsp3) is 0.147. The molecule has 10 heteroatoms. The van der Waals surface area contributed by atoms with Crippen molar-refractivity contribution >= 4 is 44.9 Å². The Labute approximate surface area is 259 Å². The van der Waals surface area contributed by atoms with Gasteiger partial charge in [0.25, 0.3) is 5.91 Å². The zero-order chi connectivity index (χ0) is 30.3. The summed E-state index contributed by atoms with van der Waals surface area (Å²) >= 11 is 1.47. The van der Waals surface area contributed by atoms with Gasteiger partial charge in [-0.1, -0.05) is 66.4 Å². The van der Waals surface area contributed by atoms with Crippen LogP contribution in [0.4, 0.5) is 11.5 Å². The van der Waals surface area contributed by atoms with Gasteiger partial charge in [-0.3, -0.25) is 4.79 Å². The van der Waals surface area contributed by atoms with Crippen LogP contribution in [0.5, 0.6) is 0 Å². The molecule has 44 heavy (non-hydrogen) atoms. The normalized spacial score (nSPS) is 14.4. The molecular weight excluding hydrogens is 568 g/mol. The standard InChI is InChI=1S/C34H32N8OS/c1-23(38-25-16-20-42(21-17-25)30-15-7-8-18-36-30)22-29(39-31(35)24-10-3-2-4-11-24)32(43)40-27-13-6-5-12-26(27)33-41-28-14-9-19-37-34(28)44-33/h2-15,18-19,22,25,38H,1,16-17,20-21H2,(H2,35,39)(H,40,43)/b29-22-. The molecule has 1 fully saturated rings. The molecule has 6 rings (SSSR count). The summed E-state index contributed by atoms with van der Waals surface area (Å²) in [5.41, 5.74) is 10.0. The smallest absolute Gasteiger partial charge is 0.274 e. The zero-order valence-corrected chi connectivity index (χ0v) is 24.9. The van der Waals surface area contributed by atoms with E-state index in [1.165, 1.54) is 11.3 Å². The van der Waals surface area contributed by atoms with Crippen molar-refractivity contribution in [1.29, 1.82) is 0 Å². The van der Waals surface area contributed by atoms with Gasteiger partial charge in [0.2, 0.25) is 0 Å². The number of carbonyl (C=O) groups excluding carboxylic acids is 1. The maximum atomic E-state index is 13.8. The molecule has 5 aromatic rings. The van der Waals surface area contributed by atoms with Gasteiger partial charge in [-0.05, 0) is 55.3 Å². The number of para-hydroxylation sites is 1. The first-order valence-corrected chi connectivity index (χ1v) is 15.2. The lowest BCUT2D eigenvalue weighted by atomic mass is 10.0. The number of hydrogen-bond donors (Lipinski definition) is 3. The van der Waals surface area contributed by atoms with E-state index in [9.17, 15) is 4.79 Å². The number of rotatable bonds is 9. The van der Waals surface area contributed by atoms with Gasteiger partial charge in [0.1, 0.15) is 32.7 Å². The average molecular weight is 601 g/mol. The lowest BCUT2D eigenvalue weighted by Gasteiger charge is -2.33. The van der Waals surface area contributed by atoms with Crippen LogP contribution in [-0.2, 0) is 4.79 Å². The first kappa shape index (κ1) is 28.8. The maximum Gasteiger partial charge on any atom is 0.274 e. The van der Waals surface area contributed by atoms with Crippen LogP contribution in [0.1, 0.15) is 18.4 Å². The topological polar surface area (TPSA) is 121 Å². The number of hydrogen-bond acceptors (Lipinski definition) is 8. The monoisotopic (exact) mass is 600 g/mol. The molecular formula is C34H32N8OS. The SMILES string of the molecule is C=C(/C=C(\N=C(/N)c1ccccc1)C(=O)Nc1ccccc1-c1nc2cccnc2s1)NC1CCN(c2ccccn2)CC1. The molecule has 3 aromatic heterocycles. The van der Waals surface area contributed by atoms with Crippen molar-refractivity contribution in [3.63, 3.8) is 0 Å². The Morgan fingerprint density at radius 3 is 2.48 bits per heavy atom. The highest BCUT2D eigenvalue weighted by atomic mass is 32.1. The van der Waals surface area contributed by atoms with Crippen LogP contribution in [0.15, 0.2) is 126 Å². The Kier molecular flexibility index (Phi) is 8.70. The molecule has 0 aliphatic carbocycles. The number of anilines is 2. The summed E-state index contributed by atoms with van der Waals surface area (Å²) in [5.74, 6) is 0.800. The van der Waals surface area contributed by atoms with Gasteiger partial charge >= 0.3 is 0 Å². The van der Waals surface area contributed by atoms with Crippen LogP contribution >= 0.6 is 11.3 Å². The predicted octanol–water partition coefficient (Wildman–Crippen LogP) is 5.75. The molecule has 0 saturated carbocycles. The van der Waals surface area contributed by atoms with Crippen molar-refractivity contribution in [3.8, 4) is 10.6 Å². The molecule has 9 nitrogen and oxygen atoms in total. The minimum Gasteiger partial charge on any atom is -0.383 e. The quantitative estimate of drug-likeness (QED) is 0.0852. The molecule has 1 aliphatic rings. The molecule has 4 N–H and O–H groups in total. The largest absolute Gasteiger partial charge is 0.383 e. The number of nitrogens with zero attached hydrogens (tertiary/aromatic N) is 5. The number of nitrogens with two attached hydrogens (primary N) is 1. The molecule has 2 aromatic carbocycles. The van der Waals surface area contributed by atoms with E-state index < -0.39 is 5.91 Å². The highest BCUT2D eigenvalue weighted by Crippen LogP contribution is 2.34. The van der Waals surface area contributed by atoms with E-state index in [1.807, 2.05) is 91.1 Å². The highest BCUT2D eigenvalue weighted by molar-refractivity contribution is 7.21. The van der Waals surface area contributed by atoms with Crippen LogP contribution in [-0.4, -0.2) is 45.8 Å². The minimum absolute atomic E-state index is 0.135. The second-order valence-corrected chi connectivity index (χ2v) is 11.3. The van der Waals surface area contributed by atoms with Gasteiger partial charge in [0.05, 0.1) is 5.69 Å². The first-order chi connectivity index (χ1) is 21.5. The molecule has 220 valence electrons. The summed E-state index contributed by atoms with van der Waals surface area (Å²) in [6.07, 6.45) is 7.03. The Morgan fingerprint density at radius 1 is 0.955 bits per heavy atom. The number of allylic oxidation sites excluding steroid dienone is 1. The van der Waals surface area contributed by atoms with Gasteiger partial charge < -0.3 is 21.3 Å². The van der Waals surface area contributed by atoms with E-state index in [4.69, 9.17) is 10.7 Å². The van der Waals surface area contributed by atoms with E-state index in [0.717, 1.165) is 52.7 Å². The van der Waals surface area contributed by atoms with Crippen molar-refractivity contribution in [2.45, 2.75) is 18.9 Å². The number of fused-ring (bicyclic) bond motifs is 1. The first-order valence-electron chi connectivity index (χ1n) is 14.4. The third kappa shape index (κ3) is 6.82. The molecule has 1 saturated heterocycles. The lowest BCUT2D eigenvalue weighted by Crippen LogP contribution is -2.42. The van der Waals surface area contributed by atoms with E-state index in [0.29, 0.717) is 16.9 Å². The molecule has 0 spiro atoms. The van der Waals surface area contributed by atoms with Crippen LogP contribution in [0.3, 0.4) is 0 Å². The molecule has 0 bridgehead atoms. The Morgan fingerprint density at radius 2 is 1.70 bits per heavy atom. The van der Waals surface area contributed by atoms with E-state index in [1.54, 1.807) is 12.3 Å². The molecule has 4 heterocycles. The fourth-order valence-corrected chi connectivity index (χ4v) is 6.01. The lowest BCUT2D eigenvalue weighted by molar-refractivity contribution is -0.112. The number of benzene rings is 2. The van der Waals surface area contributed by atoms with Crippen LogP contribution in [0.25, 0.3) is 20.9 Å². The molecule has 1 amide bonds. The summed E-state index contributed by atoms with van der Waals surface area (Å²) in [5, 5.41) is 7.28. The average Bonchev–Trinajstić information content (AvgIpc) is 3.50. The van der Waals surface area contributed by atoms with E-state index >= 15 is 0 Å². The summed E-state index contributed by atoms with van der Waals surface area (Å²) < 4.78 is 0. The summed E-state index contributed by atoms with van der Waals surface area (Å²) in [6, 6.07) is 26.9. The third-order valence-electron chi connectivity index (χ3n) is 7.28. The van der Waals surface area contributed by atoms with Gasteiger partial charge in [-0.15, -0.1) is 0 Å². The summed E-state index contributed by atoms with van der Waals surface area (Å²) in [4.78, 5) is 35.1. The van der Waals surface area contributed by atoms with Gasteiger partial charge in [-0.2, -0.15) is 0 Å². The number of piperidine rings is 1. The highest BCUT2D eigenvalue weighted by Gasteiger charge is 2.21. The predicted molar refractivity (Wildman–Crippen MR) is 178 cm³/mol. The van der Waals surface area contributed by atoms with Gasteiger partial charge in [-0.25, -0.2) is 19.9 Å². The number of amides is 1. The van der Waals surface area contributed by atoms with Gasteiger partial charge in [0.15, 0.2) is 0 Å². The van der Waals surface area contributed by atoms with Crippen molar-refractivity contribution in [2.75, 3.05) is 23.3 Å². The fourth-order valence-electron chi connectivity index (χ4n) is 5.06. The molecule has 1 aliphatic heterocycles. The number of amidine groups is 1. The van der Waals surface area contributed by atoms with Crippen LogP contribution in [0, 0.1) is 0 Å². The second kappa shape index (κ2) is 13.3. The number of pyridine rings is 2. The van der Waals surface area contributed by atoms with Crippen LogP contribution in [0.2, 0.25) is 0 Å². The summed E-state index contributed by atoms with van der Waals surface area (Å²) in [6.45, 7) is 5.95. The third-order valence-corrected chi connectivity index (χ3v) is 8.30. The second-order valence-electron chi connectivity index (χ2n) is 10.4.